The highest BCUT2D eigenvalue weighted by atomic mass is 31.1. The van der Waals surface area contributed by atoms with E-state index in [0.717, 1.165) is 5.56 Å². The van der Waals surface area contributed by atoms with Crippen LogP contribution < -0.4 is 11.2 Å². The molecule has 0 aliphatic carbocycles. The van der Waals surface area contributed by atoms with Gasteiger partial charge >= 0.3 is 13.9 Å². The standard InChI is InChI=1S/C17H17N2O6P/c1-12-9-19(17(21)18-16(12)20)15-8-7-14(25-15)11-24-26(22)23-10-13-5-3-2-4-6-13/h2-9,14-15H,10-11H2,1H3/p+1/t14-,15+/m0/s1. The normalized spacial score (nSPS) is 19.7. The lowest BCUT2D eigenvalue weighted by Gasteiger charge is -2.14. The number of aromatic nitrogens is 2. The number of ether oxygens (including phenoxy) is 1. The van der Waals surface area contributed by atoms with Crippen LogP contribution in [0.3, 0.4) is 0 Å². The van der Waals surface area contributed by atoms with Crippen molar-refractivity contribution in [1.29, 1.82) is 0 Å². The molecule has 0 amide bonds. The molecular formula is C17H18N2O6P+. The number of nitrogens with zero attached hydrogens (tertiary/aromatic N) is 1. The van der Waals surface area contributed by atoms with Gasteiger partial charge in [0, 0.05) is 16.3 Å². The Labute approximate surface area is 150 Å². The minimum Gasteiger partial charge on any atom is -0.344 e. The summed E-state index contributed by atoms with van der Waals surface area (Å²) in [6, 6.07) is 9.34. The van der Waals surface area contributed by atoms with Crippen molar-refractivity contribution in [1.82, 2.24) is 9.55 Å². The van der Waals surface area contributed by atoms with E-state index in [1.54, 1.807) is 19.1 Å². The molecule has 2 heterocycles. The number of benzene rings is 1. The smallest absolute Gasteiger partial charge is 0.344 e. The molecule has 1 aromatic carbocycles. The molecule has 1 aliphatic rings. The molecule has 1 N–H and O–H groups in total. The van der Waals surface area contributed by atoms with Gasteiger partial charge in [-0.15, -0.1) is 9.05 Å². The Kier molecular flexibility index (Phi) is 5.90. The fourth-order valence-corrected chi connectivity index (χ4v) is 2.99. The lowest BCUT2D eigenvalue weighted by atomic mass is 10.2. The molecule has 0 fully saturated rings. The first-order valence-electron chi connectivity index (χ1n) is 7.96. The number of nitrogens with one attached hydrogen (secondary N) is 1. The van der Waals surface area contributed by atoms with Gasteiger partial charge in [0.1, 0.15) is 19.3 Å². The van der Waals surface area contributed by atoms with Crippen LogP contribution in [0.4, 0.5) is 0 Å². The molecule has 1 unspecified atom stereocenters. The van der Waals surface area contributed by atoms with E-state index in [4.69, 9.17) is 13.8 Å². The summed E-state index contributed by atoms with van der Waals surface area (Å²) in [4.78, 5) is 25.5. The lowest BCUT2D eigenvalue weighted by molar-refractivity contribution is -0.00698. The average molecular weight is 377 g/mol. The minimum absolute atomic E-state index is 0.0219. The number of aryl methyl sites for hydroxylation is 1. The molecule has 3 atom stereocenters. The first kappa shape index (κ1) is 18.4. The molecule has 136 valence electrons. The summed E-state index contributed by atoms with van der Waals surface area (Å²) in [5.74, 6) is 0. The predicted molar refractivity (Wildman–Crippen MR) is 93.9 cm³/mol. The van der Waals surface area contributed by atoms with Crippen LogP contribution in [0.25, 0.3) is 0 Å². The summed E-state index contributed by atoms with van der Waals surface area (Å²) < 4.78 is 29.1. The number of rotatable bonds is 7. The van der Waals surface area contributed by atoms with E-state index >= 15 is 0 Å². The van der Waals surface area contributed by atoms with Crippen molar-refractivity contribution in [3.63, 3.8) is 0 Å². The van der Waals surface area contributed by atoms with Crippen LogP contribution in [0.5, 0.6) is 0 Å². The molecule has 1 aromatic heterocycles. The molecule has 0 bridgehead atoms. The molecule has 26 heavy (non-hydrogen) atoms. The Balaban J connectivity index is 1.49. The first-order chi connectivity index (χ1) is 12.5. The maximum Gasteiger partial charge on any atom is 0.697 e. The number of hydrogen-bond donors (Lipinski definition) is 1. The van der Waals surface area contributed by atoms with Crippen LogP contribution in [0, 0.1) is 6.92 Å². The third kappa shape index (κ3) is 4.62. The van der Waals surface area contributed by atoms with Crippen LogP contribution in [-0.4, -0.2) is 22.3 Å². The Morgan fingerprint density at radius 3 is 2.73 bits per heavy atom. The maximum atomic E-state index is 11.9. The predicted octanol–water partition coefficient (Wildman–Crippen LogP) is 2.19. The zero-order valence-corrected chi connectivity index (χ0v) is 14.9. The van der Waals surface area contributed by atoms with Gasteiger partial charge in [0.05, 0.1) is 0 Å². The second-order valence-electron chi connectivity index (χ2n) is 5.71. The van der Waals surface area contributed by atoms with Crippen LogP contribution in [-0.2, 0) is 25.0 Å². The molecule has 0 saturated carbocycles. The quantitative estimate of drug-likeness (QED) is 0.587. The summed E-state index contributed by atoms with van der Waals surface area (Å²) in [6.07, 6.45) is 3.68. The van der Waals surface area contributed by atoms with Crippen molar-refractivity contribution >= 4 is 8.25 Å². The van der Waals surface area contributed by atoms with Gasteiger partial charge in [0.15, 0.2) is 6.23 Å². The Morgan fingerprint density at radius 2 is 1.96 bits per heavy atom. The topological polar surface area (TPSA) is 99.6 Å². The fourth-order valence-electron chi connectivity index (χ4n) is 2.39. The van der Waals surface area contributed by atoms with Crippen molar-refractivity contribution in [3.8, 4) is 0 Å². The van der Waals surface area contributed by atoms with Crippen LogP contribution in [0.1, 0.15) is 17.4 Å². The van der Waals surface area contributed by atoms with Crippen molar-refractivity contribution in [2.75, 3.05) is 6.61 Å². The third-order valence-electron chi connectivity index (χ3n) is 3.75. The Hall–Kier alpha value is -2.38. The van der Waals surface area contributed by atoms with E-state index in [9.17, 15) is 14.2 Å². The first-order valence-corrected chi connectivity index (χ1v) is 9.05. The number of aromatic amines is 1. The summed E-state index contributed by atoms with van der Waals surface area (Å²) in [5.41, 5.74) is 0.304. The Morgan fingerprint density at radius 1 is 1.19 bits per heavy atom. The largest absolute Gasteiger partial charge is 0.697 e. The molecule has 9 heteroatoms. The molecule has 3 rings (SSSR count). The second-order valence-corrected chi connectivity index (χ2v) is 6.67. The maximum absolute atomic E-state index is 11.9. The van der Waals surface area contributed by atoms with Gasteiger partial charge in [-0.1, -0.05) is 36.4 Å². The van der Waals surface area contributed by atoms with Gasteiger partial charge < -0.3 is 4.74 Å². The van der Waals surface area contributed by atoms with Crippen molar-refractivity contribution < 1.29 is 18.3 Å². The van der Waals surface area contributed by atoms with E-state index < -0.39 is 31.8 Å². The molecule has 0 spiro atoms. The average Bonchev–Trinajstić information content (AvgIpc) is 3.11. The lowest BCUT2D eigenvalue weighted by Crippen LogP contribution is -2.33. The SMILES string of the molecule is Cc1cn([C@H]2C=C[C@@H](CO[P+](=O)OCc3ccccc3)O2)c(=O)[nH]c1=O. The van der Waals surface area contributed by atoms with Gasteiger partial charge in [-0.3, -0.25) is 14.3 Å². The zero-order chi connectivity index (χ0) is 18.5. The molecule has 1 aliphatic heterocycles. The molecule has 2 aromatic rings. The van der Waals surface area contributed by atoms with E-state index in [1.807, 2.05) is 30.3 Å². The highest BCUT2D eigenvalue weighted by Crippen LogP contribution is 2.28. The zero-order valence-electron chi connectivity index (χ0n) is 14.0. The summed E-state index contributed by atoms with van der Waals surface area (Å²) >= 11 is 0. The van der Waals surface area contributed by atoms with Crippen LogP contribution in [0.2, 0.25) is 0 Å². The number of H-pyrrole nitrogens is 1. The van der Waals surface area contributed by atoms with Crippen molar-refractivity contribution in [3.05, 3.63) is 80.6 Å². The molecular weight excluding hydrogens is 359 g/mol. The van der Waals surface area contributed by atoms with Crippen LogP contribution in [0.15, 0.2) is 58.3 Å². The van der Waals surface area contributed by atoms with Crippen LogP contribution >= 0.6 is 8.25 Å². The summed E-state index contributed by atoms with van der Waals surface area (Å²) in [7, 11) is -2.28. The van der Waals surface area contributed by atoms with E-state index in [1.165, 1.54) is 10.8 Å². The number of hydrogen-bond acceptors (Lipinski definition) is 6. The van der Waals surface area contributed by atoms with Gasteiger partial charge in [-0.05, 0) is 18.6 Å². The van der Waals surface area contributed by atoms with Gasteiger partial charge in [0.2, 0.25) is 0 Å². The fraction of sp³-hybridized carbons (Fsp3) is 0.294. The van der Waals surface area contributed by atoms with E-state index in [-0.39, 0.29) is 13.2 Å². The van der Waals surface area contributed by atoms with Gasteiger partial charge in [-0.2, -0.15) is 0 Å². The summed E-state index contributed by atoms with van der Waals surface area (Å²) in [5, 5.41) is 0. The summed E-state index contributed by atoms with van der Waals surface area (Å²) in [6.45, 7) is 1.81. The second kappa shape index (κ2) is 8.33. The van der Waals surface area contributed by atoms with Crippen molar-refractivity contribution in [2.24, 2.45) is 0 Å². The van der Waals surface area contributed by atoms with Gasteiger partial charge in [0.25, 0.3) is 5.56 Å². The third-order valence-corrected chi connectivity index (χ3v) is 4.45. The molecule has 0 saturated heterocycles. The monoisotopic (exact) mass is 377 g/mol. The molecule has 0 radical (unpaired) electrons. The molecule has 8 nitrogen and oxygen atoms in total. The van der Waals surface area contributed by atoms with E-state index in [0.29, 0.717) is 5.56 Å². The van der Waals surface area contributed by atoms with E-state index in [2.05, 4.69) is 4.98 Å². The minimum atomic E-state index is -2.28. The van der Waals surface area contributed by atoms with Gasteiger partial charge in [-0.25, -0.2) is 4.79 Å². The highest BCUT2D eigenvalue weighted by molar-refractivity contribution is 7.33. The Bertz CT molecular complexity index is 921. The highest BCUT2D eigenvalue weighted by Gasteiger charge is 2.27. The van der Waals surface area contributed by atoms with Crippen molar-refractivity contribution in [2.45, 2.75) is 25.9 Å².